The zero-order chi connectivity index (χ0) is 19.5. The number of nitrogens with zero attached hydrogens (tertiary/aromatic N) is 3. The summed E-state index contributed by atoms with van der Waals surface area (Å²) in [5, 5.41) is 5.19. The number of piperidine rings is 1. The quantitative estimate of drug-likeness (QED) is 0.713. The lowest BCUT2D eigenvalue weighted by molar-refractivity contribution is 0.196. The molecule has 3 aromatic rings. The van der Waals surface area contributed by atoms with Crippen molar-refractivity contribution in [3.05, 3.63) is 75.4 Å². The van der Waals surface area contributed by atoms with E-state index in [2.05, 4.69) is 27.1 Å². The van der Waals surface area contributed by atoms with Gasteiger partial charge in [0, 0.05) is 24.0 Å². The highest BCUT2D eigenvalue weighted by molar-refractivity contribution is 6.30. The van der Waals surface area contributed by atoms with Gasteiger partial charge in [-0.05, 0) is 61.3 Å². The van der Waals surface area contributed by atoms with Crippen LogP contribution in [-0.4, -0.2) is 39.9 Å². The third-order valence-corrected chi connectivity index (χ3v) is 5.42. The number of aromatic amines is 1. The summed E-state index contributed by atoms with van der Waals surface area (Å²) in [5.74, 6) is 1.83. The molecular formula is C21H23ClN4O2. The van der Waals surface area contributed by atoms with Crippen LogP contribution in [0.15, 0.2) is 53.3 Å². The normalized spacial score (nSPS) is 17.6. The Balaban J connectivity index is 1.47. The molecule has 1 atom stereocenters. The molecule has 1 aromatic heterocycles. The first-order chi connectivity index (χ1) is 13.6. The van der Waals surface area contributed by atoms with Gasteiger partial charge in [0.25, 0.3) is 0 Å². The van der Waals surface area contributed by atoms with Gasteiger partial charge >= 0.3 is 5.69 Å². The van der Waals surface area contributed by atoms with E-state index in [1.54, 1.807) is 31.4 Å². The molecule has 0 amide bonds. The molecule has 1 unspecified atom stereocenters. The number of H-pyrrole nitrogens is 1. The van der Waals surface area contributed by atoms with Crippen LogP contribution in [0.25, 0.3) is 5.69 Å². The predicted molar refractivity (Wildman–Crippen MR) is 109 cm³/mol. The van der Waals surface area contributed by atoms with Crippen molar-refractivity contribution < 1.29 is 4.74 Å². The number of likely N-dealkylation sites (tertiary alicyclic amines) is 1. The number of ether oxygens (including phenoxy) is 1. The van der Waals surface area contributed by atoms with Crippen molar-refractivity contribution in [2.24, 2.45) is 0 Å². The van der Waals surface area contributed by atoms with Crippen molar-refractivity contribution in [2.45, 2.75) is 25.3 Å². The minimum atomic E-state index is -0.218. The second kappa shape index (κ2) is 8.20. The Hall–Kier alpha value is -2.57. The summed E-state index contributed by atoms with van der Waals surface area (Å²) in [7, 11) is 1.67. The van der Waals surface area contributed by atoms with Crippen LogP contribution in [0.3, 0.4) is 0 Å². The highest BCUT2D eigenvalue weighted by Gasteiger charge is 2.25. The van der Waals surface area contributed by atoms with Crippen molar-refractivity contribution in [3.8, 4) is 11.4 Å². The Morgan fingerprint density at radius 2 is 1.93 bits per heavy atom. The van der Waals surface area contributed by atoms with Gasteiger partial charge in [0.05, 0.1) is 12.8 Å². The summed E-state index contributed by atoms with van der Waals surface area (Å²) in [6.07, 6.45) is 2.10. The number of methoxy groups -OCH3 is 1. The van der Waals surface area contributed by atoms with E-state index in [4.69, 9.17) is 16.3 Å². The van der Waals surface area contributed by atoms with Gasteiger partial charge in [-0.1, -0.05) is 23.7 Å². The molecule has 1 aliphatic heterocycles. The van der Waals surface area contributed by atoms with Gasteiger partial charge in [-0.15, -0.1) is 5.10 Å². The Morgan fingerprint density at radius 3 is 2.64 bits per heavy atom. The van der Waals surface area contributed by atoms with Crippen LogP contribution in [0, 0.1) is 0 Å². The number of hydrogen-bond acceptors (Lipinski definition) is 4. The third kappa shape index (κ3) is 4.13. The van der Waals surface area contributed by atoms with Gasteiger partial charge < -0.3 is 4.74 Å². The van der Waals surface area contributed by atoms with E-state index in [1.807, 2.05) is 12.1 Å². The second-order valence-corrected chi connectivity index (χ2v) is 7.56. The molecule has 4 rings (SSSR count). The van der Waals surface area contributed by atoms with E-state index in [9.17, 15) is 4.79 Å². The molecular weight excluding hydrogens is 376 g/mol. The predicted octanol–water partition coefficient (Wildman–Crippen LogP) is 3.60. The molecule has 1 N–H and O–H groups in total. The number of hydrogen-bond donors (Lipinski definition) is 1. The zero-order valence-electron chi connectivity index (χ0n) is 15.8. The van der Waals surface area contributed by atoms with E-state index in [0.29, 0.717) is 10.7 Å². The SMILES string of the molecule is COc1ccc(CN2CCCC(c3nn(-c4ccc(Cl)cc4)c(=O)[nH]3)C2)cc1. The Bertz CT molecular complexity index is 979. The summed E-state index contributed by atoms with van der Waals surface area (Å²) in [4.78, 5) is 17.7. The Morgan fingerprint density at radius 1 is 1.18 bits per heavy atom. The van der Waals surface area contributed by atoms with Crippen LogP contribution >= 0.6 is 11.6 Å². The van der Waals surface area contributed by atoms with Gasteiger partial charge in [-0.2, -0.15) is 4.68 Å². The van der Waals surface area contributed by atoms with E-state index in [-0.39, 0.29) is 11.6 Å². The highest BCUT2D eigenvalue weighted by atomic mass is 35.5. The van der Waals surface area contributed by atoms with Crippen LogP contribution in [0.1, 0.15) is 30.1 Å². The average Bonchev–Trinajstić information content (AvgIpc) is 3.11. The minimum Gasteiger partial charge on any atom is -0.497 e. The van der Waals surface area contributed by atoms with Crippen molar-refractivity contribution in [3.63, 3.8) is 0 Å². The maximum Gasteiger partial charge on any atom is 0.348 e. The van der Waals surface area contributed by atoms with Gasteiger partial charge in [-0.3, -0.25) is 9.88 Å². The standard InChI is InChI=1S/C21H23ClN4O2/c1-28-19-10-4-15(5-11-19)13-25-12-2-3-16(14-25)20-23-21(27)26(24-20)18-8-6-17(22)7-9-18/h4-11,16H,2-3,12-14H2,1H3,(H,23,24,27). The first-order valence-corrected chi connectivity index (χ1v) is 9.80. The molecule has 2 aromatic carbocycles. The minimum absolute atomic E-state index is 0.216. The summed E-state index contributed by atoms with van der Waals surface area (Å²) in [6, 6.07) is 15.3. The molecule has 0 aliphatic carbocycles. The molecule has 2 heterocycles. The summed E-state index contributed by atoms with van der Waals surface area (Å²) >= 11 is 5.94. The lowest BCUT2D eigenvalue weighted by Crippen LogP contribution is -2.34. The average molecular weight is 399 g/mol. The van der Waals surface area contributed by atoms with Gasteiger partial charge in [0.1, 0.15) is 11.6 Å². The van der Waals surface area contributed by atoms with Crippen LogP contribution < -0.4 is 10.4 Å². The van der Waals surface area contributed by atoms with Gasteiger partial charge in [0.2, 0.25) is 0 Å². The van der Waals surface area contributed by atoms with Gasteiger partial charge in [0.15, 0.2) is 0 Å². The summed E-state index contributed by atoms with van der Waals surface area (Å²) < 4.78 is 6.64. The first kappa shape index (κ1) is 18.8. The maximum atomic E-state index is 12.4. The van der Waals surface area contributed by atoms with Crippen molar-refractivity contribution in [1.82, 2.24) is 19.7 Å². The number of benzene rings is 2. The zero-order valence-corrected chi connectivity index (χ0v) is 16.5. The molecule has 6 nitrogen and oxygen atoms in total. The molecule has 0 radical (unpaired) electrons. The Kier molecular flexibility index (Phi) is 5.50. The second-order valence-electron chi connectivity index (χ2n) is 7.13. The number of nitrogens with one attached hydrogen (secondary N) is 1. The van der Waals surface area contributed by atoms with Crippen molar-refractivity contribution in [2.75, 3.05) is 20.2 Å². The summed E-state index contributed by atoms with van der Waals surface area (Å²) in [5.41, 5.74) is 1.74. The fourth-order valence-corrected chi connectivity index (χ4v) is 3.82. The van der Waals surface area contributed by atoms with Crippen LogP contribution in [0.2, 0.25) is 5.02 Å². The molecule has 1 fully saturated rings. The third-order valence-electron chi connectivity index (χ3n) is 5.16. The maximum absolute atomic E-state index is 12.4. The largest absolute Gasteiger partial charge is 0.497 e. The van der Waals surface area contributed by atoms with E-state index in [0.717, 1.165) is 44.0 Å². The lowest BCUT2D eigenvalue weighted by Gasteiger charge is -2.31. The van der Waals surface area contributed by atoms with Crippen LogP contribution in [-0.2, 0) is 6.54 Å². The number of rotatable bonds is 5. The monoisotopic (exact) mass is 398 g/mol. The van der Waals surface area contributed by atoms with Gasteiger partial charge in [-0.25, -0.2) is 4.79 Å². The fraction of sp³-hybridized carbons (Fsp3) is 0.333. The molecule has 0 saturated carbocycles. The number of aromatic nitrogens is 3. The summed E-state index contributed by atoms with van der Waals surface area (Å²) in [6.45, 7) is 2.80. The van der Waals surface area contributed by atoms with Crippen LogP contribution in [0.4, 0.5) is 0 Å². The molecule has 1 aliphatic rings. The van der Waals surface area contributed by atoms with Crippen LogP contribution in [0.5, 0.6) is 5.75 Å². The topological polar surface area (TPSA) is 63.1 Å². The van der Waals surface area contributed by atoms with E-state index >= 15 is 0 Å². The van der Waals surface area contributed by atoms with E-state index < -0.39 is 0 Å². The van der Waals surface area contributed by atoms with E-state index in [1.165, 1.54) is 10.2 Å². The molecule has 1 saturated heterocycles. The molecule has 146 valence electrons. The number of halogens is 1. The molecule has 0 bridgehead atoms. The lowest BCUT2D eigenvalue weighted by atomic mass is 9.97. The highest BCUT2D eigenvalue weighted by Crippen LogP contribution is 2.25. The Labute approximate surface area is 168 Å². The smallest absolute Gasteiger partial charge is 0.348 e. The fourth-order valence-electron chi connectivity index (χ4n) is 3.69. The van der Waals surface area contributed by atoms with Crippen molar-refractivity contribution in [1.29, 1.82) is 0 Å². The molecule has 0 spiro atoms. The first-order valence-electron chi connectivity index (χ1n) is 9.43. The molecule has 28 heavy (non-hydrogen) atoms. The van der Waals surface area contributed by atoms with Crippen molar-refractivity contribution >= 4 is 11.6 Å². The molecule has 7 heteroatoms.